The van der Waals surface area contributed by atoms with Crippen LogP contribution in [0.15, 0.2) is 48.7 Å². The molecule has 0 spiro atoms. The second-order valence-corrected chi connectivity index (χ2v) is 10.5. The molecule has 1 amide bonds. The van der Waals surface area contributed by atoms with Crippen LogP contribution in [0.4, 0.5) is 0 Å². The van der Waals surface area contributed by atoms with Gasteiger partial charge in [0.25, 0.3) is 5.91 Å². The number of carbonyl (C=O) groups is 1. The second-order valence-electron chi connectivity index (χ2n) is 8.52. The van der Waals surface area contributed by atoms with Crippen LogP contribution in [-0.4, -0.2) is 43.0 Å². The van der Waals surface area contributed by atoms with Crippen molar-refractivity contribution in [2.75, 3.05) is 19.3 Å². The smallest absolute Gasteiger partial charge is 0.253 e. The van der Waals surface area contributed by atoms with Gasteiger partial charge in [-0.1, -0.05) is 43.2 Å². The Balaban J connectivity index is 1.43. The molecule has 0 unspecified atom stereocenters. The number of nitrogens with one attached hydrogen (secondary N) is 1. The van der Waals surface area contributed by atoms with Crippen LogP contribution in [0.1, 0.15) is 66.1 Å². The molecule has 4 rings (SSSR count). The largest absolute Gasteiger partial charge is 0.342 e. The van der Waals surface area contributed by atoms with E-state index < -0.39 is 10.0 Å². The molecule has 7 heteroatoms. The fraction of sp³-hybridized carbons (Fsp3) is 0.478. The molecular weight excluding hydrogens is 398 g/mol. The van der Waals surface area contributed by atoms with Gasteiger partial charge >= 0.3 is 0 Å². The fourth-order valence-electron chi connectivity index (χ4n) is 4.78. The Labute approximate surface area is 178 Å². The summed E-state index contributed by atoms with van der Waals surface area (Å²) in [5, 5.41) is 3.29. The van der Waals surface area contributed by atoms with Crippen molar-refractivity contribution in [1.82, 2.24) is 14.6 Å². The van der Waals surface area contributed by atoms with E-state index in [2.05, 4.69) is 22.4 Å². The van der Waals surface area contributed by atoms with E-state index in [0.717, 1.165) is 49.8 Å². The summed E-state index contributed by atoms with van der Waals surface area (Å²) in [4.78, 5) is 17.5. The van der Waals surface area contributed by atoms with Crippen LogP contribution < -0.4 is 5.32 Å². The van der Waals surface area contributed by atoms with Gasteiger partial charge in [-0.15, -0.1) is 0 Å². The van der Waals surface area contributed by atoms with E-state index >= 15 is 0 Å². The topological polar surface area (TPSA) is 79.4 Å². The number of aromatic nitrogens is 1. The lowest BCUT2D eigenvalue weighted by atomic mass is 9.88. The number of amides is 1. The molecule has 1 N–H and O–H groups in total. The Morgan fingerprint density at radius 1 is 1.07 bits per heavy atom. The molecule has 1 aromatic heterocycles. The molecule has 160 valence electrons. The summed E-state index contributed by atoms with van der Waals surface area (Å²) in [5.41, 5.74) is 2.36. The molecule has 1 aromatic carbocycles. The van der Waals surface area contributed by atoms with E-state index in [9.17, 15) is 13.2 Å². The summed E-state index contributed by atoms with van der Waals surface area (Å²) in [6, 6.07) is 14.0. The minimum absolute atomic E-state index is 0.0910. The molecule has 2 heterocycles. The van der Waals surface area contributed by atoms with Gasteiger partial charge in [0.15, 0.2) is 0 Å². The number of benzene rings is 1. The summed E-state index contributed by atoms with van der Waals surface area (Å²) in [6.07, 6.45) is 8.54. The van der Waals surface area contributed by atoms with Crippen molar-refractivity contribution in [3.05, 3.63) is 65.5 Å². The van der Waals surface area contributed by atoms with Gasteiger partial charge in [-0.05, 0) is 43.4 Å². The van der Waals surface area contributed by atoms with Crippen molar-refractivity contribution in [3.8, 4) is 0 Å². The Kier molecular flexibility index (Phi) is 5.93. The highest BCUT2D eigenvalue weighted by Gasteiger charge is 2.37. The predicted molar refractivity (Wildman–Crippen MR) is 117 cm³/mol. The minimum Gasteiger partial charge on any atom is -0.342 e. The Hall–Kier alpha value is -2.25. The van der Waals surface area contributed by atoms with Crippen molar-refractivity contribution >= 4 is 15.9 Å². The Morgan fingerprint density at radius 2 is 1.73 bits per heavy atom. The molecule has 2 aromatic rings. The third-order valence-electron chi connectivity index (χ3n) is 6.53. The Morgan fingerprint density at radius 3 is 2.30 bits per heavy atom. The molecule has 0 radical (unpaired) electrons. The minimum atomic E-state index is -3.13. The van der Waals surface area contributed by atoms with Gasteiger partial charge in [-0.3, -0.25) is 9.78 Å². The lowest BCUT2D eigenvalue weighted by Gasteiger charge is -2.31. The molecule has 1 aliphatic carbocycles. The van der Waals surface area contributed by atoms with E-state index in [1.54, 1.807) is 6.20 Å². The number of nitrogens with zero attached hydrogens (tertiary/aromatic N) is 2. The lowest BCUT2D eigenvalue weighted by molar-refractivity contribution is 0.0897. The zero-order valence-corrected chi connectivity index (χ0v) is 18.2. The number of pyridine rings is 1. The maximum atomic E-state index is 13.0. The van der Waals surface area contributed by atoms with Crippen LogP contribution in [0, 0.1) is 0 Å². The molecule has 0 atom stereocenters. The highest BCUT2D eigenvalue weighted by Crippen LogP contribution is 2.39. The van der Waals surface area contributed by atoms with Crippen LogP contribution in [0.25, 0.3) is 0 Å². The first-order valence-electron chi connectivity index (χ1n) is 10.7. The van der Waals surface area contributed by atoms with Crippen molar-refractivity contribution in [1.29, 1.82) is 0 Å². The zero-order valence-electron chi connectivity index (χ0n) is 17.4. The molecule has 6 nitrogen and oxygen atoms in total. The molecule has 1 saturated heterocycles. The number of hydrogen-bond acceptors (Lipinski definition) is 4. The van der Waals surface area contributed by atoms with Crippen molar-refractivity contribution in [2.45, 2.75) is 50.0 Å². The molecular formula is C23H29N3O3S. The summed E-state index contributed by atoms with van der Waals surface area (Å²) >= 11 is 0. The average molecular weight is 428 g/mol. The number of piperidine rings is 1. The molecule has 1 saturated carbocycles. The number of rotatable bonds is 5. The monoisotopic (exact) mass is 427 g/mol. The first-order chi connectivity index (χ1) is 14.4. The van der Waals surface area contributed by atoms with Crippen LogP contribution in [0.5, 0.6) is 0 Å². The molecule has 30 heavy (non-hydrogen) atoms. The highest BCUT2D eigenvalue weighted by molar-refractivity contribution is 7.88. The molecule has 2 aliphatic rings. The van der Waals surface area contributed by atoms with Crippen molar-refractivity contribution < 1.29 is 13.2 Å². The van der Waals surface area contributed by atoms with Crippen LogP contribution in [0.2, 0.25) is 0 Å². The predicted octanol–water partition coefficient (Wildman–Crippen LogP) is 3.42. The number of carbonyl (C=O) groups excluding carboxylic acids is 1. The van der Waals surface area contributed by atoms with Crippen LogP contribution >= 0.6 is 0 Å². The second kappa shape index (κ2) is 8.47. The van der Waals surface area contributed by atoms with Crippen LogP contribution in [-0.2, 0) is 15.6 Å². The standard InChI is InChI=1S/C23H29N3O3S/c1-30(28,29)26-15-11-18(12-16-26)21-10-9-19(17-24-21)22(27)25-23(13-5-6-14-23)20-7-3-2-4-8-20/h2-4,7-10,17-18H,5-6,11-16H2,1H3,(H,25,27). The van der Waals surface area contributed by atoms with Gasteiger partial charge in [0.2, 0.25) is 10.0 Å². The van der Waals surface area contributed by atoms with Gasteiger partial charge in [0, 0.05) is 30.9 Å². The van der Waals surface area contributed by atoms with Gasteiger partial charge in [-0.2, -0.15) is 0 Å². The SMILES string of the molecule is CS(=O)(=O)N1CCC(c2ccc(C(=O)NC3(c4ccccc4)CCCC3)cn2)CC1. The normalized spacial score (nSPS) is 20.2. The third kappa shape index (κ3) is 4.42. The molecule has 0 bridgehead atoms. The average Bonchev–Trinajstić information content (AvgIpc) is 3.24. The molecule has 1 aliphatic heterocycles. The summed E-state index contributed by atoms with van der Waals surface area (Å²) < 4.78 is 24.9. The van der Waals surface area contributed by atoms with E-state index in [1.165, 1.54) is 10.6 Å². The first-order valence-corrected chi connectivity index (χ1v) is 12.5. The van der Waals surface area contributed by atoms with Crippen molar-refractivity contribution in [2.24, 2.45) is 0 Å². The number of sulfonamides is 1. The fourth-order valence-corrected chi connectivity index (χ4v) is 5.65. The van der Waals surface area contributed by atoms with E-state index in [4.69, 9.17) is 0 Å². The maximum Gasteiger partial charge on any atom is 0.253 e. The lowest BCUT2D eigenvalue weighted by Crippen LogP contribution is -2.43. The van der Waals surface area contributed by atoms with Gasteiger partial charge in [0.1, 0.15) is 0 Å². The van der Waals surface area contributed by atoms with Gasteiger partial charge < -0.3 is 5.32 Å². The van der Waals surface area contributed by atoms with Gasteiger partial charge in [-0.25, -0.2) is 12.7 Å². The van der Waals surface area contributed by atoms with E-state index in [-0.39, 0.29) is 17.4 Å². The summed E-state index contributed by atoms with van der Waals surface area (Å²) in [6.45, 7) is 1.04. The van der Waals surface area contributed by atoms with Gasteiger partial charge in [0.05, 0.1) is 17.4 Å². The number of hydrogen-bond donors (Lipinski definition) is 1. The van der Waals surface area contributed by atoms with Crippen LogP contribution in [0.3, 0.4) is 0 Å². The highest BCUT2D eigenvalue weighted by atomic mass is 32.2. The zero-order chi connectivity index (χ0) is 21.2. The van der Waals surface area contributed by atoms with E-state index in [0.29, 0.717) is 18.7 Å². The molecule has 2 fully saturated rings. The van der Waals surface area contributed by atoms with E-state index in [1.807, 2.05) is 30.3 Å². The first kappa shape index (κ1) is 21.0. The summed E-state index contributed by atoms with van der Waals surface area (Å²) in [7, 11) is -3.13. The Bertz CT molecular complexity index is 976. The third-order valence-corrected chi connectivity index (χ3v) is 7.83. The van der Waals surface area contributed by atoms with Crippen molar-refractivity contribution in [3.63, 3.8) is 0 Å². The maximum absolute atomic E-state index is 13.0. The quantitative estimate of drug-likeness (QED) is 0.793. The summed E-state index contributed by atoms with van der Waals surface area (Å²) in [5.74, 6) is 0.136.